The lowest BCUT2D eigenvalue weighted by molar-refractivity contribution is -0.117. The summed E-state index contributed by atoms with van der Waals surface area (Å²) in [7, 11) is 0. The number of hydrogen-bond donors (Lipinski definition) is 1. The van der Waals surface area contributed by atoms with E-state index in [1.54, 1.807) is 12.2 Å². The number of hydrogen-bond acceptors (Lipinski definition) is 4. The molecule has 0 radical (unpaired) electrons. The second-order valence-corrected chi connectivity index (χ2v) is 5.26. The predicted molar refractivity (Wildman–Crippen MR) is 77.2 cm³/mol. The summed E-state index contributed by atoms with van der Waals surface area (Å²) in [5, 5.41) is 12.9. The molecule has 1 fully saturated rings. The van der Waals surface area contributed by atoms with Crippen LogP contribution in [0.2, 0.25) is 0 Å². The molecule has 3 atom stereocenters. The van der Waals surface area contributed by atoms with Crippen molar-refractivity contribution in [1.29, 1.82) is 0 Å². The number of nitroso groups, excluding NO2 is 1. The Morgan fingerprint density at radius 2 is 2.05 bits per heavy atom. The molecule has 0 bridgehead atoms. The maximum absolute atomic E-state index is 11.3. The van der Waals surface area contributed by atoms with Gasteiger partial charge in [0.2, 0.25) is 0 Å². The lowest BCUT2D eigenvalue weighted by Gasteiger charge is -2.09. The molecule has 1 N–H and O–H groups in total. The van der Waals surface area contributed by atoms with E-state index in [0.717, 1.165) is 6.42 Å². The smallest absolute Gasteiger partial charge is 0.135 e. The van der Waals surface area contributed by atoms with E-state index in [-0.39, 0.29) is 18.1 Å². The maximum atomic E-state index is 11.3. The highest BCUT2D eigenvalue weighted by molar-refractivity contribution is 5.82. The lowest BCUT2D eigenvalue weighted by Crippen LogP contribution is -2.10. The third kappa shape index (κ3) is 4.10. The van der Waals surface area contributed by atoms with Crippen LogP contribution in [0.4, 0.5) is 0 Å². The van der Waals surface area contributed by atoms with Crippen molar-refractivity contribution in [1.82, 2.24) is 0 Å². The first-order chi connectivity index (χ1) is 9.69. The van der Waals surface area contributed by atoms with Crippen molar-refractivity contribution in [3.63, 3.8) is 0 Å². The van der Waals surface area contributed by atoms with Gasteiger partial charge in [0.25, 0.3) is 0 Å². The average Bonchev–Trinajstić information content (AvgIpc) is 2.84. The molecular weight excluding hydrogens is 254 g/mol. The van der Waals surface area contributed by atoms with E-state index < -0.39 is 12.1 Å². The van der Waals surface area contributed by atoms with E-state index in [1.165, 1.54) is 5.56 Å². The van der Waals surface area contributed by atoms with Crippen LogP contribution in [0.1, 0.15) is 24.8 Å². The zero-order valence-corrected chi connectivity index (χ0v) is 11.3. The highest BCUT2D eigenvalue weighted by Crippen LogP contribution is 2.26. The van der Waals surface area contributed by atoms with Gasteiger partial charge in [-0.25, -0.2) is 0 Å². The van der Waals surface area contributed by atoms with Crippen molar-refractivity contribution in [2.24, 2.45) is 11.1 Å². The average molecular weight is 273 g/mol. The van der Waals surface area contributed by atoms with Gasteiger partial charge >= 0.3 is 0 Å². The highest BCUT2D eigenvalue weighted by Gasteiger charge is 2.32. The summed E-state index contributed by atoms with van der Waals surface area (Å²) in [6.45, 7) is 0. The summed E-state index contributed by atoms with van der Waals surface area (Å²) in [6, 6.07) is 9.50. The topological polar surface area (TPSA) is 66.7 Å². The highest BCUT2D eigenvalue weighted by atomic mass is 16.3. The SMILES string of the molecule is O=NC1CC(=O)CC1/C=C/C(O)CCc1ccccc1. The van der Waals surface area contributed by atoms with Crippen LogP contribution in [0.15, 0.2) is 47.7 Å². The Balaban J connectivity index is 1.81. The van der Waals surface area contributed by atoms with Gasteiger partial charge < -0.3 is 5.11 Å². The molecule has 20 heavy (non-hydrogen) atoms. The molecule has 0 aromatic heterocycles. The van der Waals surface area contributed by atoms with Gasteiger partial charge in [-0.1, -0.05) is 47.7 Å². The van der Waals surface area contributed by atoms with Gasteiger partial charge in [-0.15, -0.1) is 0 Å². The van der Waals surface area contributed by atoms with Crippen LogP contribution < -0.4 is 0 Å². The third-order valence-electron chi connectivity index (χ3n) is 3.68. The summed E-state index contributed by atoms with van der Waals surface area (Å²) in [5.41, 5.74) is 1.18. The van der Waals surface area contributed by atoms with E-state index in [0.29, 0.717) is 12.8 Å². The van der Waals surface area contributed by atoms with Crippen molar-refractivity contribution in [2.75, 3.05) is 0 Å². The number of aliphatic hydroxyl groups is 1. The second kappa shape index (κ2) is 7.10. The van der Waals surface area contributed by atoms with E-state index in [2.05, 4.69) is 5.18 Å². The molecular formula is C16H19NO3. The Kier molecular flexibility index (Phi) is 5.18. The number of aliphatic hydroxyl groups excluding tert-OH is 1. The number of benzene rings is 1. The first kappa shape index (κ1) is 14.6. The number of aryl methyl sites for hydroxylation is 1. The molecule has 106 valence electrons. The van der Waals surface area contributed by atoms with E-state index in [4.69, 9.17) is 0 Å². The molecule has 0 amide bonds. The molecule has 1 aromatic carbocycles. The number of Topliss-reactive ketones (excluding diaryl/α,β-unsaturated/α-hetero) is 1. The fraction of sp³-hybridized carbons (Fsp3) is 0.438. The summed E-state index contributed by atoms with van der Waals surface area (Å²) in [4.78, 5) is 21.9. The minimum atomic E-state index is -0.557. The zero-order valence-electron chi connectivity index (χ0n) is 11.3. The van der Waals surface area contributed by atoms with Gasteiger partial charge in [-0.2, -0.15) is 4.91 Å². The van der Waals surface area contributed by atoms with Crippen molar-refractivity contribution in [2.45, 2.75) is 37.8 Å². The largest absolute Gasteiger partial charge is 0.389 e. The normalized spacial score (nSPS) is 24.1. The van der Waals surface area contributed by atoms with Crippen molar-refractivity contribution in [3.8, 4) is 0 Å². The summed E-state index contributed by atoms with van der Waals surface area (Å²) >= 11 is 0. The lowest BCUT2D eigenvalue weighted by atomic mass is 10.0. The Bertz CT molecular complexity index is 484. The van der Waals surface area contributed by atoms with Crippen LogP contribution in [-0.2, 0) is 11.2 Å². The minimum absolute atomic E-state index is 0.0722. The quantitative estimate of drug-likeness (QED) is 0.640. The standard InChI is InChI=1S/C16H19NO3/c18-14(8-6-12-4-2-1-3-5-12)9-7-13-10-15(19)11-16(13)17-20/h1-5,7,9,13-14,16,18H,6,8,10-11H2/b9-7+. The molecule has 0 saturated heterocycles. The number of nitrogens with zero attached hydrogens (tertiary/aromatic N) is 1. The summed E-state index contributed by atoms with van der Waals surface area (Å²) in [6.07, 6.45) is 4.91. The van der Waals surface area contributed by atoms with E-state index >= 15 is 0 Å². The number of rotatable bonds is 6. The van der Waals surface area contributed by atoms with Gasteiger partial charge in [0, 0.05) is 18.8 Å². The number of carbonyl (C=O) groups excluding carboxylic acids is 1. The van der Waals surface area contributed by atoms with Crippen LogP contribution in [0.25, 0.3) is 0 Å². The van der Waals surface area contributed by atoms with Crippen molar-refractivity contribution >= 4 is 5.78 Å². The van der Waals surface area contributed by atoms with Crippen LogP contribution in [0, 0.1) is 10.8 Å². The van der Waals surface area contributed by atoms with E-state index in [1.807, 2.05) is 30.3 Å². The van der Waals surface area contributed by atoms with Crippen molar-refractivity contribution < 1.29 is 9.90 Å². The van der Waals surface area contributed by atoms with Gasteiger partial charge in [-0.3, -0.25) is 4.79 Å². The molecule has 1 aliphatic rings. The molecule has 1 saturated carbocycles. The molecule has 2 rings (SSSR count). The van der Waals surface area contributed by atoms with Crippen LogP contribution >= 0.6 is 0 Å². The summed E-state index contributed by atoms with van der Waals surface area (Å²) < 4.78 is 0. The Hall–Kier alpha value is -1.81. The third-order valence-corrected chi connectivity index (χ3v) is 3.68. The maximum Gasteiger partial charge on any atom is 0.135 e. The molecule has 1 aromatic rings. The fourth-order valence-electron chi connectivity index (χ4n) is 2.51. The van der Waals surface area contributed by atoms with Gasteiger partial charge in [0.15, 0.2) is 0 Å². The van der Waals surface area contributed by atoms with Gasteiger partial charge in [0.05, 0.1) is 6.10 Å². The molecule has 3 unspecified atom stereocenters. The molecule has 4 heteroatoms. The monoisotopic (exact) mass is 273 g/mol. The van der Waals surface area contributed by atoms with Crippen LogP contribution in [-0.4, -0.2) is 23.0 Å². The summed E-state index contributed by atoms with van der Waals surface area (Å²) in [5.74, 6) is -0.0746. The molecule has 0 heterocycles. The fourth-order valence-corrected chi connectivity index (χ4v) is 2.51. The molecule has 4 nitrogen and oxygen atoms in total. The first-order valence-electron chi connectivity index (χ1n) is 6.93. The Morgan fingerprint density at radius 1 is 1.30 bits per heavy atom. The molecule has 0 aliphatic heterocycles. The Morgan fingerprint density at radius 3 is 2.75 bits per heavy atom. The minimum Gasteiger partial charge on any atom is -0.389 e. The molecule has 0 spiro atoms. The first-order valence-corrected chi connectivity index (χ1v) is 6.93. The van der Waals surface area contributed by atoms with Crippen LogP contribution in [0.3, 0.4) is 0 Å². The van der Waals surface area contributed by atoms with Crippen molar-refractivity contribution in [3.05, 3.63) is 53.0 Å². The van der Waals surface area contributed by atoms with E-state index in [9.17, 15) is 14.8 Å². The number of ketones is 1. The predicted octanol–water partition coefficient (Wildman–Crippen LogP) is 2.65. The second-order valence-electron chi connectivity index (χ2n) is 5.26. The number of carbonyl (C=O) groups is 1. The van der Waals surface area contributed by atoms with Gasteiger partial charge in [0.1, 0.15) is 11.8 Å². The zero-order chi connectivity index (χ0) is 14.4. The molecule has 1 aliphatic carbocycles. The van der Waals surface area contributed by atoms with Gasteiger partial charge in [-0.05, 0) is 18.4 Å². The van der Waals surface area contributed by atoms with Crippen LogP contribution in [0.5, 0.6) is 0 Å². The Labute approximate surface area is 118 Å².